The van der Waals surface area contributed by atoms with Crippen LogP contribution in [0.25, 0.3) is 17.1 Å². The lowest BCUT2D eigenvalue weighted by Crippen LogP contribution is -2.68. The summed E-state index contributed by atoms with van der Waals surface area (Å²) < 4.78 is 64.8. The Morgan fingerprint density at radius 2 is 1.54 bits per heavy atom. The van der Waals surface area contributed by atoms with E-state index in [1.807, 2.05) is 51.1 Å². The Balaban J connectivity index is 0.000000500. The summed E-state index contributed by atoms with van der Waals surface area (Å²) in [4.78, 5) is 0. The zero-order valence-corrected chi connectivity index (χ0v) is 16.1. The van der Waals surface area contributed by atoms with Gasteiger partial charge in [-0.2, -0.15) is 4.57 Å². The summed E-state index contributed by atoms with van der Waals surface area (Å²) >= 11 is 0. The molecule has 0 saturated carbocycles. The van der Waals surface area contributed by atoms with Crippen LogP contribution in [-0.4, -0.2) is 9.78 Å². The van der Waals surface area contributed by atoms with E-state index in [4.69, 9.17) is 18.6 Å². The summed E-state index contributed by atoms with van der Waals surface area (Å²) in [5, 5.41) is 4.61. The van der Waals surface area contributed by atoms with E-state index in [0.717, 1.165) is 11.6 Å². The van der Waals surface area contributed by atoms with Crippen LogP contribution in [0, 0.1) is 21.9 Å². The molecule has 1 aromatic heterocycles. The van der Waals surface area contributed by atoms with Crippen LogP contribution in [0.1, 0.15) is 20.8 Å². The van der Waals surface area contributed by atoms with Crippen LogP contribution in [0.2, 0.25) is 0 Å². The van der Waals surface area contributed by atoms with Gasteiger partial charge in [-0.05, 0) is 45.0 Å². The maximum Gasteiger partial charge on any atom is 0.313 e. The fourth-order valence-electron chi connectivity index (χ4n) is 2.30. The largest absolute Gasteiger partial charge is 0.313 e. The maximum atomic E-state index is 14.2. The topological polar surface area (TPSA) is 114 Å². The molecule has 0 aliphatic carbocycles. The van der Waals surface area contributed by atoms with Gasteiger partial charge >= 0.3 is 5.82 Å². The number of hydrogen-bond donors (Lipinski definition) is 0. The minimum atomic E-state index is -4.94. The van der Waals surface area contributed by atoms with Gasteiger partial charge < -0.3 is 0 Å². The Bertz CT molecular complexity index is 932. The minimum absolute atomic E-state index is 0.259. The first kappa shape index (κ1) is 21.9. The van der Waals surface area contributed by atoms with Crippen LogP contribution in [-0.2, 0) is 5.54 Å². The minimum Gasteiger partial charge on any atom is -0.222 e. The molecule has 0 bridgehead atoms. The van der Waals surface area contributed by atoms with Gasteiger partial charge in [0.15, 0.2) is 5.82 Å². The summed E-state index contributed by atoms with van der Waals surface area (Å²) in [6, 6.07) is 13.1. The summed E-state index contributed by atoms with van der Waals surface area (Å²) in [5.41, 5.74) is 0.866. The van der Waals surface area contributed by atoms with Crippen LogP contribution in [0.15, 0.2) is 54.9 Å². The monoisotopic (exact) mass is 413 g/mol. The second kappa shape index (κ2) is 8.29. The van der Waals surface area contributed by atoms with E-state index in [1.54, 1.807) is 15.6 Å². The fraction of sp³-hybridized carbons (Fsp3) is 0.222. The zero-order valence-electron chi connectivity index (χ0n) is 15.3. The SMILES string of the molecule is CC(C)(C)n1c[n+](-c2ccc(F)cc2F)c(-c2ccccc2)n1.[O-][Cl+3]([O-])([O-])[O-]. The lowest BCUT2D eigenvalue weighted by molar-refractivity contribution is -2.00. The summed E-state index contributed by atoms with van der Waals surface area (Å²) in [6.45, 7) is 6.04. The lowest BCUT2D eigenvalue weighted by atomic mass is 10.1. The van der Waals surface area contributed by atoms with Crippen LogP contribution in [0.4, 0.5) is 8.78 Å². The molecule has 0 N–H and O–H groups in total. The first-order valence-electron chi connectivity index (χ1n) is 8.00. The highest BCUT2D eigenvalue weighted by Crippen LogP contribution is 2.20. The first-order chi connectivity index (χ1) is 12.9. The molecule has 0 aliphatic rings. The molecule has 2 aromatic carbocycles. The molecule has 150 valence electrons. The Labute approximate surface area is 162 Å². The second-order valence-electron chi connectivity index (χ2n) is 6.76. The van der Waals surface area contributed by atoms with Gasteiger partial charge in [0.25, 0.3) is 0 Å². The highest BCUT2D eigenvalue weighted by molar-refractivity contribution is 5.51. The molecule has 0 spiro atoms. The third-order valence-corrected chi connectivity index (χ3v) is 3.54. The van der Waals surface area contributed by atoms with E-state index in [9.17, 15) is 8.78 Å². The molecule has 1 heterocycles. The molecule has 0 radical (unpaired) electrons. The van der Waals surface area contributed by atoms with Crippen LogP contribution < -0.4 is 23.2 Å². The van der Waals surface area contributed by atoms with E-state index in [2.05, 4.69) is 5.10 Å². The van der Waals surface area contributed by atoms with Crippen molar-refractivity contribution in [3.8, 4) is 17.1 Å². The van der Waals surface area contributed by atoms with Gasteiger partial charge in [-0.3, -0.25) is 0 Å². The quantitative estimate of drug-likeness (QED) is 0.505. The molecule has 0 amide bonds. The molecule has 0 aliphatic heterocycles. The Morgan fingerprint density at radius 3 is 2.04 bits per heavy atom. The molecule has 0 saturated heterocycles. The van der Waals surface area contributed by atoms with Crippen LogP contribution in [0.3, 0.4) is 0 Å². The molecule has 7 nitrogen and oxygen atoms in total. The summed E-state index contributed by atoms with van der Waals surface area (Å²) in [6.07, 6.45) is 1.73. The lowest BCUT2D eigenvalue weighted by Gasteiger charge is -2.17. The Morgan fingerprint density at radius 1 is 0.964 bits per heavy atom. The number of nitrogens with zero attached hydrogens (tertiary/aromatic N) is 3. The van der Waals surface area contributed by atoms with Gasteiger partial charge in [-0.15, -0.1) is 14.9 Å². The highest BCUT2D eigenvalue weighted by Gasteiger charge is 2.28. The van der Waals surface area contributed by atoms with Crippen molar-refractivity contribution in [2.45, 2.75) is 26.3 Å². The van der Waals surface area contributed by atoms with Crippen molar-refractivity contribution in [2.75, 3.05) is 0 Å². The molecular weight excluding hydrogens is 396 g/mol. The van der Waals surface area contributed by atoms with Crippen molar-refractivity contribution in [2.24, 2.45) is 0 Å². The molecular formula is C18H18ClF2N3O4. The molecule has 0 atom stereocenters. The van der Waals surface area contributed by atoms with E-state index >= 15 is 0 Å². The first-order valence-corrected chi connectivity index (χ1v) is 9.24. The van der Waals surface area contributed by atoms with E-state index in [-0.39, 0.29) is 11.2 Å². The van der Waals surface area contributed by atoms with Crippen LogP contribution in [0.5, 0.6) is 0 Å². The predicted octanol–water partition coefficient (Wildman–Crippen LogP) is -0.896. The number of benzene rings is 2. The average molecular weight is 414 g/mol. The third kappa shape index (κ3) is 6.04. The van der Waals surface area contributed by atoms with Crippen molar-refractivity contribution >= 4 is 0 Å². The van der Waals surface area contributed by atoms with E-state index in [0.29, 0.717) is 5.82 Å². The van der Waals surface area contributed by atoms with Gasteiger partial charge in [-0.25, -0.2) is 27.4 Å². The van der Waals surface area contributed by atoms with Crippen molar-refractivity contribution in [3.05, 3.63) is 66.5 Å². The zero-order chi connectivity index (χ0) is 21.1. The molecule has 10 heteroatoms. The Kier molecular flexibility index (Phi) is 6.48. The highest BCUT2D eigenvalue weighted by atomic mass is 35.7. The number of halogens is 3. The van der Waals surface area contributed by atoms with Gasteiger partial charge in [0.05, 0.1) is 5.56 Å². The maximum absolute atomic E-state index is 14.2. The third-order valence-electron chi connectivity index (χ3n) is 3.54. The van der Waals surface area contributed by atoms with E-state index < -0.39 is 21.9 Å². The Hall–Kier alpha value is -2.43. The normalized spacial score (nSPS) is 11.8. The standard InChI is InChI=1S/C18H18F2N3.ClHO4/c1-18(2,3)23-12-22(16-10-9-14(19)11-15(16)20)17(21-23)13-7-5-4-6-8-13;2-1(3,4)5/h4-12H,1-3H3;(H,2,3,4,5)/q+1;/p-1. The molecule has 3 aromatic rings. The molecule has 28 heavy (non-hydrogen) atoms. The fourth-order valence-corrected chi connectivity index (χ4v) is 2.30. The summed E-state index contributed by atoms with van der Waals surface area (Å²) in [7, 11) is -4.94. The van der Waals surface area contributed by atoms with Gasteiger partial charge in [-0.1, -0.05) is 18.2 Å². The predicted molar refractivity (Wildman–Crippen MR) is 84.1 cm³/mol. The van der Waals surface area contributed by atoms with Crippen molar-refractivity contribution < 1.29 is 42.2 Å². The van der Waals surface area contributed by atoms with Crippen molar-refractivity contribution in [3.63, 3.8) is 0 Å². The van der Waals surface area contributed by atoms with Crippen LogP contribution >= 0.6 is 0 Å². The second-order valence-corrected chi connectivity index (χ2v) is 7.52. The average Bonchev–Trinajstić information content (AvgIpc) is 2.99. The van der Waals surface area contributed by atoms with Gasteiger partial charge in [0.1, 0.15) is 17.0 Å². The van der Waals surface area contributed by atoms with Gasteiger partial charge in [0.2, 0.25) is 6.33 Å². The van der Waals surface area contributed by atoms with Crippen molar-refractivity contribution in [1.29, 1.82) is 0 Å². The van der Waals surface area contributed by atoms with E-state index in [1.165, 1.54) is 12.1 Å². The van der Waals surface area contributed by atoms with Gasteiger partial charge in [0, 0.05) is 11.2 Å². The number of hydrogen-bond acceptors (Lipinski definition) is 5. The smallest absolute Gasteiger partial charge is 0.222 e. The summed E-state index contributed by atoms with van der Waals surface area (Å²) in [5.74, 6) is -0.622. The number of rotatable bonds is 2. The number of aromatic nitrogens is 3. The van der Waals surface area contributed by atoms with Crippen molar-refractivity contribution in [1.82, 2.24) is 9.78 Å². The molecule has 0 unspecified atom stereocenters. The molecule has 3 rings (SSSR count). The molecule has 0 fully saturated rings.